The Balaban J connectivity index is 1.84. The van der Waals surface area contributed by atoms with Crippen molar-refractivity contribution in [3.8, 4) is 0 Å². The van der Waals surface area contributed by atoms with E-state index >= 15 is 0 Å². The van der Waals surface area contributed by atoms with Crippen LogP contribution in [0.2, 0.25) is 0 Å². The van der Waals surface area contributed by atoms with Gasteiger partial charge >= 0.3 is 0 Å². The van der Waals surface area contributed by atoms with E-state index in [-0.39, 0.29) is 6.04 Å². The topological polar surface area (TPSA) is 34.4 Å². The van der Waals surface area contributed by atoms with E-state index < -0.39 is 0 Å². The van der Waals surface area contributed by atoms with Gasteiger partial charge in [-0.25, -0.2) is 0 Å². The summed E-state index contributed by atoms with van der Waals surface area (Å²) in [6, 6.07) is 4.80. The van der Waals surface area contributed by atoms with Crippen LogP contribution in [-0.4, -0.2) is 18.8 Å². The van der Waals surface area contributed by atoms with Crippen molar-refractivity contribution < 1.29 is 9.15 Å². The molecule has 0 aliphatic carbocycles. The zero-order valence-corrected chi connectivity index (χ0v) is 10.1. The molecule has 2 heterocycles. The molecule has 1 aromatic heterocycles. The van der Waals surface area contributed by atoms with Gasteiger partial charge < -0.3 is 14.5 Å². The lowest BCUT2D eigenvalue weighted by Crippen LogP contribution is -2.39. The summed E-state index contributed by atoms with van der Waals surface area (Å²) in [6.45, 7) is 5.21. The summed E-state index contributed by atoms with van der Waals surface area (Å²) in [5.41, 5.74) is 0. The van der Waals surface area contributed by atoms with Crippen molar-refractivity contribution in [2.45, 2.75) is 51.3 Å². The van der Waals surface area contributed by atoms with Crippen LogP contribution < -0.4 is 5.32 Å². The quantitative estimate of drug-likeness (QED) is 0.852. The van der Waals surface area contributed by atoms with E-state index in [4.69, 9.17) is 9.15 Å². The van der Waals surface area contributed by atoms with Crippen LogP contribution in [-0.2, 0) is 4.74 Å². The van der Waals surface area contributed by atoms with Crippen LogP contribution in [0.1, 0.15) is 44.9 Å². The summed E-state index contributed by atoms with van der Waals surface area (Å²) in [4.78, 5) is 0. The molecule has 1 aromatic rings. The molecule has 1 aliphatic rings. The maximum absolute atomic E-state index is 5.67. The van der Waals surface area contributed by atoms with Crippen molar-refractivity contribution >= 4 is 0 Å². The first kappa shape index (κ1) is 11.7. The number of rotatable bonds is 4. The van der Waals surface area contributed by atoms with Crippen LogP contribution in [0.5, 0.6) is 0 Å². The molecule has 0 saturated carbocycles. The Hall–Kier alpha value is -0.800. The molecule has 0 aromatic carbocycles. The van der Waals surface area contributed by atoms with Crippen molar-refractivity contribution in [3.05, 3.63) is 24.2 Å². The van der Waals surface area contributed by atoms with Crippen LogP contribution in [0.3, 0.4) is 0 Å². The van der Waals surface area contributed by atoms with Gasteiger partial charge in [0.25, 0.3) is 0 Å². The van der Waals surface area contributed by atoms with E-state index in [1.54, 1.807) is 6.26 Å². The predicted octanol–water partition coefficient (Wildman–Crippen LogP) is 2.89. The van der Waals surface area contributed by atoms with Crippen molar-refractivity contribution in [3.63, 3.8) is 0 Å². The molecule has 0 bridgehead atoms. The molecule has 1 N–H and O–H groups in total. The van der Waals surface area contributed by atoms with E-state index in [2.05, 4.69) is 19.2 Å². The van der Waals surface area contributed by atoms with Crippen molar-refractivity contribution in [2.75, 3.05) is 6.61 Å². The molecule has 3 nitrogen and oxygen atoms in total. The van der Waals surface area contributed by atoms with E-state index in [1.807, 2.05) is 12.1 Å². The lowest BCUT2D eigenvalue weighted by Gasteiger charge is -2.31. The Labute approximate surface area is 97.2 Å². The SMILES string of the molecule is CCC1CC(NC(C)c2ccco2)CCO1. The number of ether oxygens (including phenoxy) is 1. The largest absolute Gasteiger partial charge is 0.468 e. The molecule has 16 heavy (non-hydrogen) atoms. The van der Waals surface area contributed by atoms with Crippen LogP contribution in [0, 0.1) is 0 Å². The third-order valence-corrected chi connectivity index (χ3v) is 3.28. The molecule has 90 valence electrons. The van der Waals surface area contributed by atoms with Gasteiger partial charge in [0.05, 0.1) is 18.4 Å². The maximum Gasteiger partial charge on any atom is 0.120 e. The van der Waals surface area contributed by atoms with Crippen molar-refractivity contribution in [2.24, 2.45) is 0 Å². The zero-order chi connectivity index (χ0) is 11.4. The minimum atomic E-state index is 0.288. The van der Waals surface area contributed by atoms with Crippen molar-refractivity contribution in [1.29, 1.82) is 0 Å². The smallest absolute Gasteiger partial charge is 0.120 e. The minimum Gasteiger partial charge on any atom is -0.468 e. The molecule has 3 atom stereocenters. The standard InChI is InChI=1S/C13H21NO2/c1-3-12-9-11(6-8-15-12)14-10(2)13-5-4-7-16-13/h4-5,7,10-12,14H,3,6,8-9H2,1-2H3. The average molecular weight is 223 g/mol. The van der Waals surface area contributed by atoms with Crippen LogP contribution in [0.15, 0.2) is 22.8 Å². The summed E-state index contributed by atoms with van der Waals surface area (Å²) >= 11 is 0. The Morgan fingerprint density at radius 1 is 1.56 bits per heavy atom. The highest BCUT2D eigenvalue weighted by molar-refractivity contribution is 5.03. The number of hydrogen-bond acceptors (Lipinski definition) is 3. The van der Waals surface area contributed by atoms with Gasteiger partial charge in [-0.2, -0.15) is 0 Å². The number of hydrogen-bond donors (Lipinski definition) is 1. The molecule has 0 radical (unpaired) electrons. The Morgan fingerprint density at radius 3 is 3.12 bits per heavy atom. The van der Waals surface area contributed by atoms with Gasteiger partial charge in [-0.15, -0.1) is 0 Å². The van der Waals surface area contributed by atoms with Crippen LogP contribution in [0.25, 0.3) is 0 Å². The Morgan fingerprint density at radius 2 is 2.44 bits per heavy atom. The monoisotopic (exact) mass is 223 g/mol. The molecular formula is C13H21NO2. The fourth-order valence-electron chi connectivity index (χ4n) is 2.29. The van der Waals surface area contributed by atoms with E-state index in [0.29, 0.717) is 12.1 Å². The molecule has 1 saturated heterocycles. The second kappa shape index (κ2) is 5.51. The van der Waals surface area contributed by atoms with Gasteiger partial charge in [0.15, 0.2) is 0 Å². The van der Waals surface area contributed by atoms with Gasteiger partial charge in [-0.05, 0) is 38.3 Å². The molecular weight excluding hydrogens is 202 g/mol. The molecule has 1 fully saturated rings. The summed E-state index contributed by atoms with van der Waals surface area (Å²) in [5, 5.41) is 3.61. The highest BCUT2D eigenvalue weighted by Crippen LogP contribution is 2.20. The third-order valence-electron chi connectivity index (χ3n) is 3.28. The van der Waals surface area contributed by atoms with E-state index in [9.17, 15) is 0 Å². The summed E-state index contributed by atoms with van der Waals surface area (Å²) in [5.74, 6) is 1.01. The van der Waals surface area contributed by atoms with Gasteiger partial charge in [0.2, 0.25) is 0 Å². The zero-order valence-electron chi connectivity index (χ0n) is 10.1. The lowest BCUT2D eigenvalue weighted by molar-refractivity contribution is -0.00204. The second-order valence-electron chi connectivity index (χ2n) is 4.53. The Bertz CT molecular complexity index is 297. The van der Waals surface area contributed by atoms with Gasteiger partial charge in [0.1, 0.15) is 5.76 Å². The maximum atomic E-state index is 5.67. The molecule has 2 rings (SSSR count). The minimum absolute atomic E-state index is 0.288. The summed E-state index contributed by atoms with van der Waals surface area (Å²) < 4.78 is 11.1. The second-order valence-corrected chi connectivity index (χ2v) is 4.53. The molecule has 0 amide bonds. The fourth-order valence-corrected chi connectivity index (χ4v) is 2.29. The van der Waals surface area contributed by atoms with Crippen LogP contribution >= 0.6 is 0 Å². The van der Waals surface area contributed by atoms with Gasteiger partial charge in [-0.1, -0.05) is 6.92 Å². The number of nitrogens with one attached hydrogen (secondary N) is 1. The first-order valence-electron chi connectivity index (χ1n) is 6.20. The van der Waals surface area contributed by atoms with E-state index in [0.717, 1.165) is 31.6 Å². The van der Waals surface area contributed by atoms with Gasteiger partial charge in [-0.3, -0.25) is 0 Å². The molecule has 3 unspecified atom stereocenters. The van der Waals surface area contributed by atoms with E-state index in [1.165, 1.54) is 0 Å². The molecule has 0 spiro atoms. The predicted molar refractivity (Wildman–Crippen MR) is 63.3 cm³/mol. The fraction of sp³-hybridized carbons (Fsp3) is 0.692. The first-order valence-corrected chi connectivity index (χ1v) is 6.20. The third kappa shape index (κ3) is 2.86. The van der Waals surface area contributed by atoms with Crippen molar-refractivity contribution in [1.82, 2.24) is 5.32 Å². The van der Waals surface area contributed by atoms with Gasteiger partial charge in [0, 0.05) is 12.6 Å². The Kier molecular flexibility index (Phi) is 4.02. The number of furan rings is 1. The molecule has 3 heteroatoms. The lowest BCUT2D eigenvalue weighted by atomic mass is 10.0. The highest BCUT2D eigenvalue weighted by Gasteiger charge is 2.23. The van der Waals surface area contributed by atoms with Crippen LogP contribution in [0.4, 0.5) is 0 Å². The average Bonchev–Trinajstić information content (AvgIpc) is 2.83. The normalized spacial score (nSPS) is 27.9. The summed E-state index contributed by atoms with van der Waals surface area (Å²) in [7, 11) is 0. The highest BCUT2D eigenvalue weighted by atomic mass is 16.5. The molecule has 1 aliphatic heterocycles. The summed E-state index contributed by atoms with van der Waals surface area (Å²) in [6.07, 6.45) is 5.47. The first-order chi connectivity index (χ1) is 7.79.